The number of carbonyl (C=O) groups is 1. The fraction of sp³-hybridized carbons (Fsp3) is 0.375. The smallest absolute Gasteiger partial charge is 0.263 e. The molecular formula is C16H18N4O2S. The second kappa shape index (κ2) is 6.55. The molecule has 7 heteroatoms. The summed E-state index contributed by atoms with van der Waals surface area (Å²) >= 11 is 1.29. The average Bonchev–Trinajstić information content (AvgIpc) is 3.23. The Balaban J connectivity index is 1.87. The number of aliphatic hydroxyl groups is 1. The van der Waals surface area contributed by atoms with Gasteiger partial charge in [-0.1, -0.05) is 19.1 Å². The van der Waals surface area contributed by atoms with Crippen LogP contribution in [0.1, 0.15) is 35.1 Å². The van der Waals surface area contributed by atoms with Gasteiger partial charge in [-0.15, -0.1) is 11.3 Å². The molecule has 2 heterocycles. The van der Waals surface area contributed by atoms with Gasteiger partial charge >= 0.3 is 0 Å². The van der Waals surface area contributed by atoms with Crippen LogP contribution in [0.2, 0.25) is 0 Å². The molecule has 0 saturated heterocycles. The monoisotopic (exact) mass is 330 g/mol. The highest BCUT2D eigenvalue weighted by atomic mass is 32.1. The molecule has 2 aromatic heterocycles. The Morgan fingerprint density at radius 3 is 2.65 bits per heavy atom. The van der Waals surface area contributed by atoms with Crippen LogP contribution in [0, 0.1) is 0 Å². The molecule has 2 aromatic rings. The van der Waals surface area contributed by atoms with Gasteiger partial charge in [0.2, 0.25) is 0 Å². The van der Waals surface area contributed by atoms with Crippen LogP contribution in [0.4, 0.5) is 0 Å². The first-order valence-corrected chi connectivity index (χ1v) is 8.34. The van der Waals surface area contributed by atoms with Crippen molar-refractivity contribution < 1.29 is 9.90 Å². The second-order valence-electron chi connectivity index (χ2n) is 5.49. The number of thiazole rings is 1. The number of rotatable bonds is 5. The average molecular weight is 330 g/mol. The molecule has 1 aliphatic carbocycles. The highest BCUT2D eigenvalue weighted by Gasteiger charge is 2.33. The van der Waals surface area contributed by atoms with E-state index in [4.69, 9.17) is 0 Å². The van der Waals surface area contributed by atoms with E-state index in [0.717, 1.165) is 5.69 Å². The minimum Gasteiger partial charge on any atom is -0.394 e. The van der Waals surface area contributed by atoms with Crippen molar-refractivity contribution in [3.8, 4) is 10.8 Å². The lowest BCUT2D eigenvalue weighted by Crippen LogP contribution is -2.49. The Morgan fingerprint density at radius 1 is 1.35 bits per heavy atom. The summed E-state index contributed by atoms with van der Waals surface area (Å²) < 4.78 is 0. The number of aliphatic hydroxyl groups excluding tert-OH is 1. The summed E-state index contributed by atoms with van der Waals surface area (Å²) in [7, 11) is 0. The second-order valence-corrected chi connectivity index (χ2v) is 6.49. The van der Waals surface area contributed by atoms with E-state index >= 15 is 0 Å². The first kappa shape index (κ1) is 15.8. The van der Waals surface area contributed by atoms with Crippen molar-refractivity contribution in [1.29, 1.82) is 0 Å². The minimum absolute atomic E-state index is 0.0827. The Morgan fingerprint density at radius 2 is 2.04 bits per heavy atom. The summed E-state index contributed by atoms with van der Waals surface area (Å²) in [6, 6.07) is 1.74. The summed E-state index contributed by atoms with van der Waals surface area (Å²) in [6.45, 7) is 1.88. The van der Waals surface area contributed by atoms with E-state index in [0.29, 0.717) is 35.0 Å². The molecule has 0 atom stereocenters. The van der Waals surface area contributed by atoms with Gasteiger partial charge in [-0.2, -0.15) is 0 Å². The van der Waals surface area contributed by atoms with Crippen LogP contribution in [0.3, 0.4) is 0 Å². The number of nitrogens with zero attached hydrogens (tertiary/aromatic N) is 3. The predicted octanol–water partition coefficient (Wildman–Crippen LogP) is 1.97. The molecule has 6 nitrogen and oxygen atoms in total. The van der Waals surface area contributed by atoms with E-state index in [1.807, 2.05) is 19.1 Å². The van der Waals surface area contributed by atoms with Crippen LogP contribution in [0.25, 0.3) is 10.8 Å². The first-order chi connectivity index (χ1) is 11.2. The van der Waals surface area contributed by atoms with Crippen LogP contribution in [0.15, 0.2) is 30.6 Å². The summed E-state index contributed by atoms with van der Waals surface area (Å²) in [5.41, 5.74) is 0.143. The predicted molar refractivity (Wildman–Crippen MR) is 88.2 cm³/mol. The van der Waals surface area contributed by atoms with Gasteiger partial charge in [-0.25, -0.2) is 15.0 Å². The maximum atomic E-state index is 12.7. The molecule has 1 amide bonds. The van der Waals surface area contributed by atoms with Crippen LogP contribution in [-0.4, -0.2) is 38.1 Å². The molecule has 0 aromatic carbocycles. The Hall–Kier alpha value is -2.12. The lowest BCUT2D eigenvalue weighted by atomic mass is 9.97. The number of hydrogen-bond donors (Lipinski definition) is 2. The highest BCUT2D eigenvalue weighted by Crippen LogP contribution is 2.28. The van der Waals surface area contributed by atoms with Crippen molar-refractivity contribution in [2.45, 2.75) is 31.7 Å². The van der Waals surface area contributed by atoms with E-state index in [9.17, 15) is 9.90 Å². The van der Waals surface area contributed by atoms with Crippen LogP contribution in [-0.2, 0) is 6.42 Å². The standard InChI is InChI=1S/C16H18N4O2S/c1-2-11-12(14(22)20-16(10-21)6-3-4-7-16)23-15(19-11)13-17-8-5-9-18-13/h3-5,8-9,21H,2,6-7,10H2,1H3,(H,20,22). The van der Waals surface area contributed by atoms with Crippen molar-refractivity contribution in [3.05, 3.63) is 41.2 Å². The highest BCUT2D eigenvalue weighted by molar-refractivity contribution is 7.17. The first-order valence-electron chi connectivity index (χ1n) is 7.53. The molecule has 0 spiro atoms. The van der Waals surface area contributed by atoms with Crippen LogP contribution in [0.5, 0.6) is 0 Å². The van der Waals surface area contributed by atoms with Gasteiger partial charge in [0.25, 0.3) is 5.91 Å². The summed E-state index contributed by atoms with van der Waals surface area (Å²) in [5.74, 6) is 0.324. The quantitative estimate of drug-likeness (QED) is 0.818. The molecule has 0 saturated carbocycles. The van der Waals surface area contributed by atoms with Gasteiger partial charge in [0, 0.05) is 12.4 Å². The van der Waals surface area contributed by atoms with Crippen molar-refractivity contribution in [3.63, 3.8) is 0 Å². The number of carbonyl (C=O) groups excluding carboxylic acids is 1. The third-order valence-electron chi connectivity index (χ3n) is 3.86. The summed E-state index contributed by atoms with van der Waals surface area (Å²) in [5, 5.41) is 13.2. The molecular weight excluding hydrogens is 312 g/mol. The maximum Gasteiger partial charge on any atom is 0.263 e. The molecule has 120 valence electrons. The maximum absolute atomic E-state index is 12.7. The van der Waals surface area contributed by atoms with E-state index in [2.05, 4.69) is 20.3 Å². The van der Waals surface area contributed by atoms with Crippen molar-refractivity contribution in [1.82, 2.24) is 20.3 Å². The molecule has 0 bridgehead atoms. The SMILES string of the molecule is CCc1nc(-c2ncccn2)sc1C(=O)NC1(CO)CC=CC1. The minimum atomic E-state index is -0.588. The zero-order chi connectivity index (χ0) is 16.3. The van der Waals surface area contributed by atoms with E-state index in [1.54, 1.807) is 18.5 Å². The van der Waals surface area contributed by atoms with E-state index in [-0.39, 0.29) is 12.5 Å². The van der Waals surface area contributed by atoms with Gasteiger partial charge < -0.3 is 10.4 Å². The fourth-order valence-corrected chi connectivity index (χ4v) is 3.54. The lowest BCUT2D eigenvalue weighted by Gasteiger charge is -2.27. The third-order valence-corrected chi connectivity index (χ3v) is 4.95. The zero-order valence-corrected chi connectivity index (χ0v) is 13.6. The topological polar surface area (TPSA) is 88.0 Å². The molecule has 0 unspecified atom stereocenters. The van der Waals surface area contributed by atoms with Crippen molar-refractivity contribution in [2.24, 2.45) is 0 Å². The largest absolute Gasteiger partial charge is 0.394 e. The number of aromatic nitrogens is 3. The third kappa shape index (κ3) is 3.16. The van der Waals surface area contributed by atoms with Gasteiger partial charge in [-0.05, 0) is 25.3 Å². The number of amides is 1. The molecule has 23 heavy (non-hydrogen) atoms. The van der Waals surface area contributed by atoms with Crippen molar-refractivity contribution >= 4 is 17.2 Å². The normalized spacial score (nSPS) is 15.7. The Kier molecular flexibility index (Phi) is 4.49. The summed E-state index contributed by atoms with van der Waals surface area (Å²) in [6.07, 6.45) is 9.20. The molecule has 1 aliphatic rings. The number of aryl methyl sites for hydroxylation is 1. The molecule has 0 fully saturated rings. The van der Waals surface area contributed by atoms with Crippen molar-refractivity contribution in [2.75, 3.05) is 6.61 Å². The number of hydrogen-bond acceptors (Lipinski definition) is 6. The molecule has 0 radical (unpaired) electrons. The lowest BCUT2D eigenvalue weighted by molar-refractivity contribution is 0.0848. The summed E-state index contributed by atoms with van der Waals surface area (Å²) in [4.78, 5) is 26.1. The molecule has 0 aliphatic heterocycles. The Labute approximate surface area is 138 Å². The zero-order valence-electron chi connectivity index (χ0n) is 12.8. The van der Waals surface area contributed by atoms with E-state index in [1.165, 1.54) is 11.3 Å². The van der Waals surface area contributed by atoms with Crippen LogP contribution >= 0.6 is 11.3 Å². The van der Waals surface area contributed by atoms with Gasteiger partial charge in [-0.3, -0.25) is 4.79 Å². The van der Waals surface area contributed by atoms with Gasteiger partial charge in [0.1, 0.15) is 4.88 Å². The van der Waals surface area contributed by atoms with Crippen LogP contribution < -0.4 is 5.32 Å². The Bertz CT molecular complexity index is 719. The van der Waals surface area contributed by atoms with E-state index < -0.39 is 5.54 Å². The molecule has 3 rings (SSSR count). The van der Waals surface area contributed by atoms with Gasteiger partial charge in [0.15, 0.2) is 10.8 Å². The number of nitrogens with one attached hydrogen (secondary N) is 1. The fourth-order valence-electron chi connectivity index (χ4n) is 2.54. The molecule has 2 N–H and O–H groups in total. The van der Waals surface area contributed by atoms with Gasteiger partial charge in [0.05, 0.1) is 17.8 Å².